The first-order valence-electron chi connectivity index (χ1n) is 6.83. The zero-order chi connectivity index (χ0) is 16.1. The summed E-state index contributed by atoms with van der Waals surface area (Å²) in [6.07, 6.45) is 0. The lowest BCUT2D eigenvalue weighted by atomic mass is 10.1. The van der Waals surface area contributed by atoms with E-state index in [0.29, 0.717) is 0 Å². The van der Waals surface area contributed by atoms with E-state index < -0.39 is 5.66 Å². The summed E-state index contributed by atoms with van der Waals surface area (Å²) in [6, 6.07) is -1.33. The molecule has 1 aliphatic heterocycles. The van der Waals surface area contributed by atoms with Gasteiger partial charge in [-0.1, -0.05) is 11.6 Å². The molecule has 17 heavy (non-hydrogen) atoms. The molecule has 0 amide bonds. The molecule has 0 bridgehead atoms. The van der Waals surface area contributed by atoms with Crippen LogP contribution in [0.2, 0.25) is 5.02 Å². The van der Waals surface area contributed by atoms with E-state index in [1.807, 2.05) is 0 Å². The Bertz CT molecular complexity index is 657. The first-order valence-corrected chi connectivity index (χ1v) is 5.21. The molecule has 0 aromatic heterocycles. The van der Waals surface area contributed by atoms with Gasteiger partial charge in [0.1, 0.15) is 5.66 Å². The van der Waals surface area contributed by atoms with Gasteiger partial charge in [-0.2, -0.15) is 4.99 Å². The van der Waals surface area contributed by atoms with Crippen LogP contribution in [-0.4, -0.2) is 17.6 Å². The van der Waals surface area contributed by atoms with Crippen molar-refractivity contribution in [3.05, 3.63) is 29.2 Å². The molecule has 0 aliphatic carbocycles. The van der Waals surface area contributed by atoms with E-state index in [0.717, 1.165) is 0 Å². The van der Waals surface area contributed by atoms with Gasteiger partial charge in [-0.3, -0.25) is 4.90 Å². The monoisotopic (exact) mass is 255 g/mol. The van der Waals surface area contributed by atoms with Gasteiger partial charge in [0.15, 0.2) is 0 Å². The van der Waals surface area contributed by atoms with Crippen LogP contribution in [0.25, 0.3) is 0 Å². The number of benzene rings is 1. The number of hydrogen-bond donors (Lipinski definition) is 2. The number of hydrogen-bond acceptors (Lipinski definition) is 5. The largest absolute Gasteiger partial charge is 0.369 e. The summed E-state index contributed by atoms with van der Waals surface area (Å²) in [5.74, 6) is -0.0754. The maximum atomic E-state index is 8.02. The second-order valence-corrected chi connectivity index (χ2v) is 4.31. The first-order chi connectivity index (χ1) is 9.58. The van der Waals surface area contributed by atoms with Gasteiger partial charge >= 0.3 is 0 Å². The first kappa shape index (κ1) is 7.55. The summed E-state index contributed by atoms with van der Waals surface area (Å²) in [5, 5.41) is -0.248. The van der Waals surface area contributed by atoms with Crippen molar-refractivity contribution in [3.8, 4) is 0 Å². The summed E-state index contributed by atoms with van der Waals surface area (Å²) in [7, 11) is 0. The Kier molecular flexibility index (Phi) is 1.74. The fraction of sp³-hybridized carbons (Fsp3) is 0.273. The van der Waals surface area contributed by atoms with Crippen molar-refractivity contribution >= 4 is 29.2 Å². The number of nitrogens with two attached hydrogens (primary N) is 2. The topological polar surface area (TPSA) is 80.0 Å². The fourth-order valence-corrected chi connectivity index (χ4v) is 1.69. The van der Waals surface area contributed by atoms with E-state index in [2.05, 4.69) is 9.98 Å². The van der Waals surface area contributed by atoms with E-state index in [1.165, 1.54) is 4.90 Å². The average Bonchev–Trinajstić information content (AvgIpc) is 2.36. The number of guanidine groups is 2. The van der Waals surface area contributed by atoms with Gasteiger partial charge in [0.25, 0.3) is 0 Å². The second kappa shape index (κ2) is 3.92. The van der Waals surface area contributed by atoms with Gasteiger partial charge in [-0.25, -0.2) is 4.99 Å². The smallest absolute Gasteiger partial charge is 0.220 e. The molecule has 0 radical (unpaired) electrons. The van der Waals surface area contributed by atoms with E-state index in [9.17, 15) is 0 Å². The Morgan fingerprint density at radius 1 is 1.29 bits per heavy atom. The Morgan fingerprint density at radius 2 is 1.88 bits per heavy atom. The second-order valence-electron chi connectivity index (χ2n) is 3.93. The SMILES string of the molecule is [2H]c1c([2H])c(N2C(N)=NC(N)=NC2(C)C)c([2H])c([2H])c1Cl. The zero-order valence-corrected chi connectivity index (χ0v) is 10.1. The highest BCUT2D eigenvalue weighted by atomic mass is 35.5. The normalized spacial score (nSPS) is 21.9. The van der Waals surface area contributed by atoms with Gasteiger partial charge in [-0.05, 0) is 38.0 Å². The standard InChI is InChI=1S/C11H14ClN5/c1-11(2)16-9(13)15-10(14)17(11)8-5-3-7(12)4-6-8/h3-6H,1-2H3,(H4,13,14,15,16)/i3D,4D,5D,6D. The van der Waals surface area contributed by atoms with Crippen LogP contribution < -0.4 is 16.4 Å². The molecular formula is C11H14ClN5. The van der Waals surface area contributed by atoms with Gasteiger partial charge in [0.2, 0.25) is 11.9 Å². The molecule has 0 unspecified atom stereocenters. The van der Waals surface area contributed by atoms with Crippen molar-refractivity contribution in [2.75, 3.05) is 4.90 Å². The van der Waals surface area contributed by atoms with Gasteiger partial charge < -0.3 is 11.5 Å². The Balaban J connectivity index is 2.77. The Hall–Kier alpha value is -1.75. The Morgan fingerprint density at radius 3 is 2.41 bits per heavy atom. The van der Waals surface area contributed by atoms with Crippen LogP contribution in [0.3, 0.4) is 0 Å². The van der Waals surface area contributed by atoms with Crippen molar-refractivity contribution in [1.29, 1.82) is 0 Å². The van der Waals surface area contributed by atoms with Crippen LogP contribution in [0.5, 0.6) is 0 Å². The summed E-state index contributed by atoms with van der Waals surface area (Å²) in [6.45, 7) is 3.34. The highest BCUT2D eigenvalue weighted by molar-refractivity contribution is 6.30. The molecular weight excluding hydrogens is 238 g/mol. The van der Waals surface area contributed by atoms with Crippen molar-refractivity contribution < 1.29 is 5.48 Å². The predicted octanol–water partition coefficient (Wildman–Crippen LogP) is 1.53. The Labute approximate surface area is 110 Å². The molecule has 0 saturated carbocycles. The molecule has 0 saturated heterocycles. The lowest BCUT2D eigenvalue weighted by Crippen LogP contribution is -2.54. The minimum absolute atomic E-state index is 0.0158. The summed E-state index contributed by atoms with van der Waals surface area (Å²) in [4.78, 5) is 9.25. The molecule has 90 valence electrons. The molecule has 0 atom stereocenters. The molecule has 4 N–H and O–H groups in total. The molecule has 1 aromatic rings. The van der Waals surface area contributed by atoms with E-state index in [-0.39, 0.29) is 46.8 Å². The third-order valence-electron chi connectivity index (χ3n) is 2.20. The van der Waals surface area contributed by atoms with Crippen LogP contribution >= 0.6 is 11.6 Å². The number of anilines is 1. The zero-order valence-electron chi connectivity index (χ0n) is 13.4. The predicted molar refractivity (Wildman–Crippen MR) is 71.3 cm³/mol. The highest BCUT2D eigenvalue weighted by Crippen LogP contribution is 2.28. The molecule has 0 fully saturated rings. The molecule has 6 heteroatoms. The van der Waals surface area contributed by atoms with Crippen molar-refractivity contribution in [3.63, 3.8) is 0 Å². The van der Waals surface area contributed by atoms with Crippen LogP contribution in [0.1, 0.15) is 19.3 Å². The summed E-state index contributed by atoms with van der Waals surface area (Å²) >= 11 is 5.79. The maximum Gasteiger partial charge on any atom is 0.220 e. The number of rotatable bonds is 1. The molecule has 5 nitrogen and oxygen atoms in total. The third-order valence-corrected chi connectivity index (χ3v) is 2.39. The minimum atomic E-state index is -1.01. The van der Waals surface area contributed by atoms with Crippen LogP contribution in [0.4, 0.5) is 5.69 Å². The maximum absolute atomic E-state index is 8.02. The lowest BCUT2D eigenvalue weighted by molar-refractivity contribution is 0.534. The fourth-order valence-electron chi connectivity index (χ4n) is 1.59. The highest BCUT2D eigenvalue weighted by Gasteiger charge is 2.32. The number of halogens is 1. The molecule has 0 spiro atoms. The minimum Gasteiger partial charge on any atom is -0.369 e. The van der Waals surface area contributed by atoms with Gasteiger partial charge in [0, 0.05) is 10.7 Å². The van der Waals surface area contributed by atoms with Crippen LogP contribution in [0.15, 0.2) is 34.2 Å². The average molecular weight is 256 g/mol. The van der Waals surface area contributed by atoms with Crippen LogP contribution in [0, 0.1) is 0 Å². The van der Waals surface area contributed by atoms with E-state index in [1.54, 1.807) is 13.8 Å². The summed E-state index contributed by atoms with van der Waals surface area (Å²) in [5.41, 5.74) is 10.4. The van der Waals surface area contributed by atoms with Crippen molar-refractivity contribution in [2.24, 2.45) is 21.5 Å². The molecule has 1 heterocycles. The summed E-state index contributed by atoms with van der Waals surface area (Å²) < 4.78 is 31.6. The number of aliphatic imine (C=N–C) groups is 2. The third kappa shape index (κ3) is 2.19. The molecule has 1 aromatic carbocycles. The van der Waals surface area contributed by atoms with Gasteiger partial charge in [0.05, 0.1) is 5.48 Å². The van der Waals surface area contributed by atoms with Crippen molar-refractivity contribution in [2.45, 2.75) is 19.5 Å². The lowest BCUT2D eigenvalue weighted by Gasteiger charge is -2.38. The molecule has 1 aliphatic rings. The number of nitrogens with zero attached hydrogens (tertiary/aromatic N) is 3. The van der Waals surface area contributed by atoms with E-state index in [4.69, 9.17) is 28.6 Å². The quantitative estimate of drug-likeness (QED) is 0.799. The van der Waals surface area contributed by atoms with Crippen molar-refractivity contribution in [1.82, 2.24) is 0 Å². The van der Waals surface area contributed by atoms with Crippen LogP contribution in [-0.2, 0) is 0 Å². The van der Waals surface area contributed by atoms with E-state index >= 15 is 0 Å². The van der Waals surface area contributed by atoms with Gasteiger partial charge in [-0.15, -0.1) is 0 Å². The molecule has 2 rings (SSSR count).